The molecule has 8 heteroatoms. The van der Waals surface area contributed by atoms with Crippen molar-refractivity contribution in [2.24, 2.45) is 0 Å². The van der Waals surface area contributed by atoms with Crippen molar-refractivity contribution < 1.29 is 14.3 Å². The molecule has 1 fully saturated rings. The van der Waals surface area contributed by atoms with Gasteiger partial charge in [-0.2, -0.15) is 10.2 Å². The first-order chi connectivity index (χ1) is 16.5. The van der Waals surface area contributed by atoms with Crippen molar-refractivity contribution in [3.63, 3.8) is 0 Å². The van der Waals surface area contributed by atoms with Gasteiger partial charge in [-0.3, -0.25) is 14.0 Å². The molecular formula is C26H26N4O4. The zero-order valence-electron chi connectivity index (χ0n) is 19.2. The van der Waals surface area contributed by atoms with E-state index in [1.54, 1.807) is 24.4 Å². The van der Waals surface area contributed by atoms with Gasteiger partial charge in [0, 0.05) is 19.3 Å². The first-order valence-corrected chi connectivity index (χ1v) is 11.3. The molecule has 1 atom stereocenters. The summed E-state index contributed by atoms with van der Waals surface area (Å²) in [5.41, 5.74) is 1.74. The minimum absolute atomic E-state index is 0.0199. The molecule has 8 nitrogen and oxygen atoms in total. The summed E-state index contributed by atoms with van der Waals surface area (Å²) >= 11 is 0. The Morgan fingerprint density at radius 1 is 1.35 bits per heavy atom. The number of hydrogen-bond donors (Lipinski definition) is 1. The summed E-state index contributed by atoms with van der Waals surface area (Å²) in [5, 5.41) is 12.4. The van der Waals surface area contributed by atoms with Crippen LogP contribution in [0.15, 0.2) is 53.0 Å². The number of rotatable bonds is 7. The zero-order valence-corrected chi connectivity index (χ0v) is 19.2. The first kappa shape index (κ1) is 23.2. The molecule has 0 spiro atoms. The Balaban J connectivity index is 1.74. The fourth-order valence-corrected chi connectivity index (χ4v) is 3.80. The fourth-order valence-electron chi connectivity index (χ4n) is 3.80. The van der Waals surface area contributed by atoms with Crippen molar-refractivity contribution in [2.75, 3.05) is 13.2 Å². The van der Waals surface area contributed by atoms with Gasteiger partial charge in [0.15, 0.2) is 0 Å². The van der Waals surface area contributed by atoms with Gasteiger partial charge in [0.1, 0.15) is 28.6 Å². The number of amides is 1. The van der Waals surface area contributed by atoms with Crippen LogP contribution in [0.5, 0.6) is 11.6 Å². The standard InChI is InChI=1S/C26H26N4O4/c1-3-18-8-10-20(11-9-18)34-25-22(26(32)30-12-4-6-17(2)23(30)29-25)14-19(15-27)24(31)28-16-21-7-5-13-33-21/h4,6,8-12,14,21H,3,5,7,13,16H2,1-2H3,(H,28,31)/b19-14+. The Kier molecular flexibility index (Phi) is 7.04. The third-order valence-electron chi connectivity index (χ3n) is 5.76. The van der Waals surface area contributed by atoms with Crippen LogP contribution in [-0.2, 0) is 16.0 Å². The van der Waals surface area contributed by atoms with Gasteiger partial charge in [-0.25, -0.2) is 0 Å². The minimum Gasteiger partial charge on any atom is -0.438 e. The molecule has 1 aliphatic heterocycles. The molecule has 4 rings (SSSR count). The molecule has 34 heavy (non-hydrogen) atoms. The molecule has 174 valence electrons. The Labute approximate surface area is 197 Å². The van der Waals surface area contributed by atoms with Crippen molar-refractivity contribution in [1.29, 1.82) is 5.26 Å². The second-order valence-electron chi connectivity index (χ2n) is 8.14. The quantitative estimate of drug-likeness (QED) is 0.429. The van der Waals surface area contributed by atoms with E-state index < -0.39 is 11.5 Å². The number of pyridine rings is 1. The van der Waals surface area contributed by atoms with E-state index in [1.165, 1.54) is 10.5 Å². The SMILES string of the molecule is CCc1ccc(Oc2nc3c(C)cccn3c(=O)c2/C=C(\C#N)C(=O)NCC2CCCO2)cc1. The normalized spacial score (nSPS) is 15.8. The van der Waals surface area contributed by atoms with Crippen LogP contribution < -0.4 is 15.6 Å². The average molecular weight is 459 g/mol. The molecule has 1 amide bonds. The summed E-state index contributed by atoms with van der Waals surface area (Å²) in [7, 11) is 0. The average Bonchev–Trinajstić information content (AvgIpc) is 3.37. The largest absolute Gasteiger partial charge is 0.438 e. The molecule has 0 aliphatic carbocycles. The highest BCUT2D eigenvalue weighted by Gasteiger charge is 2.20. The van der Waals surface area contributed by atoms with Gasteiger partial charge in [-0.05, 0) is 61.6 Å². The van der Waals surface area contributed by atoms with Gasteiger partial charge in [0.05, 0.1) is 6.10 Å². The van der Waals surface area contributed by atoms with E-state index in [9.17, 15) is 14.9 Å². The minimum atomic E-state index is -0.579. The summed E-state index contributed by atoms with van der Waals surface area (Å²) in [6.45, 7) is 4.87. The molecular weight excluding hydrogens is 432 g/mol. The fraction of sp³-hybridized carbons (Fsp3) is 0.308. The highest BCUT2D eigenvalue weighted by Crippen LogP contribution is 2.25. The van der Waals surface area contributed by atoms with E-state index in [0.717, 1.165) is 30.4 Å². The molecule has 1 aromatic carbocycles. The van der Waals surface area contributed by atoms with Crippen molar-refractivity contribution in [1.82, 2.24) is 14.7 Å². The van der Waals surface area contributed by atoms with Gasteiger partial charge in [-0.15, -0.1) is 0 Å². The van der Waals surface area contributed by atoms with Gasteiger partial charge in [-0.1, -0.05) is 25.1 Å². The lowest BCUT2D eigenvalue weighted by atomic mass is 10.1. The second kappa shape index (κ2) is 10.3. The lowest BCUT2D eigenvalue weighted by Crippen LogP contribution is -2.32. The molecule has 0 saturated carbocycles. The van der Waals surface area contributed by atoms with Crippen molar-refractivity contribution in [3.8, 4) is 17.7 Å². The molecule has 1 saturated heterocycles. The molecule has 3 aromatic rings. The summed E-state index contributed by atoms with van der Waals surface area (Å²) in [5.74, 6) is -0.0498. The van der Waals surface area contributed by atoms with Gasteiger partial charge >= 0.3 is 0 Å². The van der Waals surface area contributed by atoms with Crippen LogP contribution in [-0.4, -0.2) is 34.5 Å². The Bertz CT molecular complexity index is 1330. The molecule has 2 aromatic heterocycles. The maximum absolute atomic E-state index is 13.4. The number of hydrogen-bond acceptors (Lipinski definition) is 6. The second-order valence-corrected chi connectivity index (χ2v) is 8.14. The smallest absolute Gasteiger partial charge is 0.269 e. The number of aromatic nitrogens is 2. The predicted molar refractivity (Wildman–Crippen MR) is 128 cm³/mol. The number of ether oxygens (including phenoxy) is 2. The summed E-state index contributed by atoms with van der Waals surface area (Å²) in [4.78, 5) is 30.6. The van der Waals surface area contributed by atoms with E-state index in [4.69, 9.17) is 9.47 Å². The van der Waals surface area contributed by atoms with Crippen LogP contribution in [0.1, 0.15) is 36.5 Å². The number of nitrogens with zero attached hydrogens (tertiary/aromatic N) is 3. The molecule has 1 unspecified atom stereocenters. The highest BCUT2D eigenvalue weighted by atomic mass is 16.5. The Morgan fingerprint density at radius 3 is 2.82 bits per heavy atom. The number of benzene rings is 1. The van der Waals surface area contributed by atoms with Gasteiger partial charge in [0.2, 0.25) is 5.88 Å². The molecule has 0 bridgehead atoms. The number of aryl methyl sites for hydroxylation is 2. The van der Waals surface area contributed by atoms with Crippen molar-refractivity contribution in [3.05, 3.63) is 75.2 Å². The number of fused-ring (bicyclic) bond motifs is 1. The van der Waals surface area contributed by atoms with Gasteiger partial charge in [0.25, 0.3) is 11.5 Å². The number of carbonyl (C=O) groups is 1. The van der Waals surface area contributed by atoms with Crippen LogP contribution in [0.2, 0.25) is 0 Å². The summed E-state index contributed by atoms with van der Waals surface area (Å²) in [6.07, 6.45) is 5.46. The van der Waals surface area contributed by atoms with Gasteiger partial charge < -0.3 is 14.8 Å². The lowest BCUT2D eigenvalue weighted by Gasteiger charge is -2.12. The Morgan fingerprint density at radius 2 is 2.15 bits per heavy atom. The molecule has 0 radical (unpaired) electrons. The maximum Gasteiger partial charge on any atom is 0.269 e. The first-order valence-electron chi connectivity index (χ1n) is 11.3. The Hall–Kier alpha value is -3.96. The van der Waals surface area contributed by atoms with E-state index in [0.29, 0.717) is 24.5 Å². The van der Waals surface area contributed by atoms with E-state index in [-0.39, 0.29) is 23.1 Å². The number of nitriles is 1. The predicted octanol–water partition coefficient (Wildman–Crippen LogP) is 3.56. The highest BCUT2D eigenvalue weighted by molar-refractivity contribution is 6.01. The molecule has 3 heterocycles. The van der Waals surface area contributed by atoms with E-state index in [1.807, 2.05) is 31.2 Å². The topological polar surface area (TPSA) is 106 Å². The summed E-state index contributed by atoms with van der Waals surface area (Å²) in [6, 6.07) is 12.9. The maximum atomic E-state index is 13.4. The van der Waals surface area contributed by atoms with Crippen LogP contribution in [0.4, 0.5) is 0 Å². The van der Waals surface area contributed by atoms with Crippen LogP contribution in [0.25, 0.3) is 11.7 Å². The third kappa shape index (κ3) is 5.00. The zero-order chi connectivity index (χ0) is 24.1. The third-order valence-corrected chi connectivity index (χ3v) is 5.76. The van der Waals surface area contributed by atoms with Crippen molar-refractivity contribution in [2.45, 2.75) is 39.2 Å². The number of nitrogens with one attached hydrogen (secondary N) is 1. The van der Waals surface area contributed by atoms with E-state index in [2.05, 4.69) is 17.2 Å². The van der Waals surface area contributed by atoms with E-state index >= 15 is 0 Å². The van der Waals surface area contributed by atoms with Crippen LogP contribution in [0, 0.1) is 18.3 Å². The van der Waals surface area contributed by atoms with Crippen LogP contribution in [0.3, 0.4) is 0 Å². The lowest BCUT2D eigenvalue weighted by molar-refractivity contribution is -0.117. The van der Waals surface area contributed by atoms with Crippen LogP contribution >= 0.6 is 0 Å². The summed E-state index contributed by atoms with van der Waals surface area (Å²) < 4.78 is 12.9. The molecule has 1 aliphatic rings. The van der Waals surface area contributed by atoms with Crippen molar-refractivity contribution >= 4 is 17.6 Å². The number of carbonyl (C=O) groups excluding carboxylic acids is 1. The monoisotopic (exact) mass is 458 g/mol. The molecule has 1 N–H and O–H groups in total.